The SMILES string of the molecule is C=C([C@H](CC)[C@H](O)c1ccccc1)[Si](CC)(CC)CC. The summed E-state index contributed by atoms with van der Waals surface area (Å²) in [7, 11) is -1.45. The van der Waals surface area contributed by atoms with Crippen LogP contribution in [-0.4, -0.2) is 13.2 Å². The van der Waals surface area contributed by atoms with Crippen LogP contribution >= 0.6 is 0 Å². The molecule has 0 aromatic heterocycles. The van der Waals surface area contributed by atoms with Crippen molar-refractivity contribution in [1.82, 2.24) is 0 Å². The van der Waals surface area contributed by atoms with E-state index in [0.29, 0.717) is 0 Å². The first kappa shape index (κ1) is 17.2. The highest BCUT2D eigenvalue weighted by atomic mass is 28.3. The summed E-state index contributed by atoms with van der Waals surface area (Å²) in [5, 5.41) is 12.1. The van der Waals surface area contributed by atoms with Crippen LogP contribution in [0.2, 0.25) is 18.1 Å². The summed E-state index contributed by atoms with van der Waals surface area (Å²) in [4.78, 5) is 0. The molecule has 0 saturated carbocycles. The Morgan fingerprint density at radius 1 is 1.05 bits per heavy atom. The lowest BCUT2D eigenvalue weighted by Gasteiger charge is -2.37. The topological polar surface area (TPSA) is 20.2 Å². The van der Waals surface area contributed by atoms with Crippen LogP contribution in [0.5, 0.6) is 0 Å². The van der Waals surface area contributed by atoms with Crippen molar-refractivity contribution in [2.24, 2.45) is 5.92 Å². The maximum Gasteiger partial charge on any atom is 0.0851 e. The number of aliphatic hydroxyl groups is 1. The van der Waals surface area contributed by atoms with Gasteiger partial charge in [-0.15, -0.1) is 6.58 Å². The smallest absolute Gasteiger partial charge is 0.0851 e. The fraction of sp³-hybridized carbons (Fsp3) is 0.556. The Kier molecular flexibility index (Phi) is 6.70. The summed E-state index contributed by atoms with van der Waals surface area (Å²) in [6.45, 7) is 13.5. The Hall–Kier alpha value is -0.863. The molecular formula is C18H30OSi. The van der Waals surface area contributed by atoms with Crippen LogP contribution < -0.4 is 0 Å². The maximum absolute atomic E-state index is 10.8. The van der Waals surface area contributed by atoms with Gasteiger partial charge >= 0.3 is 0 Å². The Morgan fingerprint density at radius 3 is 1.95 bits per heavy atom. The Balaban J connectivity index is 3.03. The van der Waals surface area contributed by atoms with E-state index in [1.165, 1.54) is 23.3 Å². The summed E-state index contributed by atoms with van der Waals surface area (Å²) in [6.07, 6.45) is 0.550. The van der Waals surface area contributed by atoms with Gasteiger partial charge in [-0.2, -0.15) is 0 Å². The molecule has 1 aromatic rings. The Bertz CT molecular complexity index is 400. The van der Waals surface area contributed by atoms with Crippen LogP contribution in [0.15, 0.2) is 42.1 Å². The van der Waals surface area contributed by atoms with E-state index >= 15 is 0 Å². The monoisotopic (exact) mass is 290 g/mol. The lowest BCUT2D eigenvalue weighted by Crippen LogP contribution is -2.39. The predicted octanol–water partition coefficient (Wildman–Crippen LogP) is 5.35. The zero-order valence-electron chi connectivity index (χ0n) is 13.5. The molecule has 1 N–H and O–H groups in total. The lowest BCUT2D eigenvalue weighted by atomic mass is 9.93. The molecule has 0 amide bonds. The minimum absolute atomic E-state index is 0.198. The third kappa shape index (κ3) is 3.42. The molecule has 0 fully saturated rings. The number of hydrogen-bond donors (Lipinski definition) is 1. The molecule has 1 rings (SSSR count). The fourth-order valence-corrected chi connectivity index (χ4v) is 7.38. The quantitative estimate of drug-likeness (QED) is 0.640. The predicted molar refractivity (Wildman–Crippen MR) is 91.5 cm³/mol. The van der Waals surface area contributed by atoms with Crippen LogP contribution in [0.4, 0.5) is 0 Å². The maximum atomic E-state index is 10.8. The largest absolute Gasteiger partial charge is 0.388 e. The van der Waals surface area contributed by atoms with Gasteiger partial charge in [0.25, 0.3) is 0 Å². The van der Waals surface area contributed by atoms with Gasteiger partial charge in [0.15, 0.2) is 0 Å². The van der Waals surface area contributed by atoms with Crippen molar-refractivity contribution in [2.75, 3.05) is 0 Å². The average Bonchev–Trinajstić information content (AvgIpc) is 2.51. The zero-order chi connectivity index (χ0) is 15.2. The van der Waals surface area contributed by atoms with Gasteiger partial charge in [-0.25, -0.2) is 0 Å². The second-order valence-corrected chi connectivity index (χ2v) is 11.1. The van der Waals surface area contributed by atoms with Crippen molar-refractivity contribution < 1.29 is 5.11 Å². The van der Waals surface area contributed by atoms with E-state index in [4.69, 9.17) is 0 Å². The highest BCUT2D eigenvalue weighted by Crippen LogP contribution is 2.39. The Morgan fingerprint density at radius 2 is 1.55 bits per heavy atom. The molecule has 1 nitrogen and oxygen atoms in total. The number of hydrogen-bond acceptors (Lipinski definition) is 1. The van der Waals surface area contributed by atoms with E-state index in [0.717, 1.165) is 12.0 Å². The van der Waals surface area contributed by atoms with Gasteiger partial charge in [-0.05, 0) is 12.0 Å². The summed E-state index contributed by atoms with van der Waals surface area (Å²) < 4.78 is 0. The molecule has 20 heavy (non-hydrogen) atoms. The molecule has 0 aliphatic carbocycles. The molecule has 0 radical (unpaired) electrons. The lowest BCUT2D eigenvalue weighted by molar-refractivity contribution is 0.126. The first-order valence-corrected chi connectivity index (χ1v) is 10.6. The van der Waals surface area contributed by atoms with Gasteiger partial charge in [0.2, 0.25) is 0 Å². The van der Waals surface area contributed by atoms with E-state index in [2.05, 4.69) is 34.3 Å². The van der Waals surface area contributed by atoms with Crippen molar-refractivity contribution in [2.45, 2.75) is 58.4 Å². The molecular weight excluding hydrogens is 260 g/mol. The molecule has 0 spiro atoms. The number of rotatable bonds is 8. The van der Waals surface area contributed by atoms with Crippen molar-refractivity contribution >= 4 is 8.07 Å². The third-order valence-electron chi connectivity index (χ3n) is 5.12. The van der Waals surface area contributed by atoms with Crippen LogP contribution in [0, 0.1) is 5.92 Å². The van der Waals surface area contributed by atoms with Gasteiger partial charge in [0.05, 0.1) is 14.2 Å². The third-order valence-corrected chi connectivity index (χ3v) is 10.9. The normalized spacial score (nSPS) is 14.8. The highest BCUT2D eigenvalue weighted by molar-refractivity contribution is 6.86. The summed E-state index contributed by atoms with van der Waals surface area (Å²) in [5.41, 5.74) is 1.02. The average molecular weight is 291 g/mol. The van der Waals surface area contributed by atoms with E-state index in [9.17, 15) is 5.11 Å². The fourth-order valence-electron chi connectivity index (χ4n) is 3.37. The van der Waals surface area contributed by atoms with Crippen molar-refractivity contribution in [3.05, 3.63) is 47.7 Å². The first-order chi connectivity index (χ1) is 9.56. The molecule has 0 bridgehead atoms. The van der Waals surface area contributed by atoms with Crippen molar-refractivity contribution in [3.8, 4) is 0 Å². The molecule has 0 aliphatic rings. The molecule has 0 unspecified atom stereocenters. The van der Waals surface area contributed by atoms with Gasteiger partial charge in [0, 0.05) is 5.92 Å². The van der Waals surface area contributed by atoms with Crippen LogP contribution in [0.1, 0.15) is 45.8 Å². The summed E-state index contributed by atoms with van der Waals surface area (Å²) in [6, 6.07) is 13.7. The Labute approximate surface area is 125 Å². The number of benzene rings is 1. The zero-order valence-corrected chi connectivity index (χ0v) is 14.5. The standard InChI is InChI=1S/C18H30OSi/c1-6-17(15(5)20(7-2,8-3)9-4)18(19)16-13-11-10-12-14-16/h10-14,17-19H,5-9H2,1-4H3/t17-,18+/m0/s1. The van der Waals surface area contributed by atoms with E-state index in [-0.39, 0.29) is 5.92 Å². The van der Waals surface area contributed by atoms with Crippen molar-refractivity contribution in [3.63, 3.8) is 0 Å². The van der Waals surface area contributed by atoms with Gasteiger partial charge in [-0.3, -0.25) is 0 Å². The minimum atomic E-state index is -1.45. The van der Waals surface area contributed by atoms with E-state index in [1.54, 1.807) is 0 Å². The first-order valence-electron chi connectivity index (χ1n) is 7.98. The molecule has 112 valence electrons. The molecule has 0 aliphatic heterocycles. The second-order valence-electron chi connectivity index (χ2n) is 5.74. The number of aliphatic hydroxyl groups excluding tert-OH is 1. The molecule has 2 heteroatoms. The molecule has 1 aromatic carbocycles. The molecule has 2 atom stereocenters. The van der Waals surface area contributed by atoms with Gasteiger partial charge in [0.1, 0.15) is 0 Å². The van der Waals surface area contributed by atoms with Crippen LogP contribution in [0.3, 0.4) is 0 Å². The minimum Gasteiger partial charge on any atom is -0.388 e. The summed E-state index contributed by atoms with van der Waals surface area (Å²) >= 11 is 0. The van der Waals surface area contributed by atoms with Gasteiger partial charge in [-0.1, -0.05) is 81.4 Å². The van der Waals surface area contributed by atoms with Crippen molar-refractivity contribution in [1.29, 1.82) is 0 Å². The van der Waals surface area contributed by atoms with Gasteiger partial charge < -0.3 is 5.11 Å². The summed E-state index contributed by atoms with van der Waals surface area (Å²) in [5.74, 6) is 0.198. The van der Waals surface area contributed by atoms with Crippen LogP contribution in [-0.2, 0) is 0 Å². The molecule has 0 saturated heterocycles. The van der Waals surface area contributed by atoms with E-state index in [1.807, 2.05) is 30.3 Å². The highest BCUT2D eigenvalue weighted by Gasteiger charge is 2.36. The molecule has 0 heterocycles. The van der Waals surface area contributed by atoms with E-state index < -0.39 is 14.2 Å². The van der Waals surface area contributed by atoms with Crippen LogP contribution in [0.25, 0.3) is 0 Å². The second kappa shape index (κ2) is 7.80.